The molecular formula is C19H36IN5O3. The second kappa shape index (κ2) is 11.8. The molecule has 1 unspecified atom stereocenters. The summed E-state index contributed by atoms with van der Waals surface area (Å²) in [5, 5.41) is 6.22. The van der Waals surface area contributed by atoms with Crippen LogP contribution in [-0.4, -0.2) is 86.1 Å². The van der Waals surface area contributed by atoms with E-state index in [-0.39, 0.29) is 47.3 Å². The van der Waals surface area contributed by atoms with Crippen LogP contribution in [0.3, 0.4) is 0 Å². The fourth-order valence-electron chi connectivity index (χ4n) is 3.14. The standard InChI is InChI=1S/C19H35N5O3.HI/c1-5-20-18(22-9-8-21-17(26)19(2,3)4)24-12-10-23(11-13-24)16(25)15-7-6-14-27-15;/h15H,5-14H2,1-4H3,(H,20,22)(H,21,26);1H. The van der Waals surface area contributed by atoms with Crippen molar-refractivity contribution in [2.75, 3.05) is 52.4 Å². The van der Waals surface area contributed by atoms with Crippen LogP contribution in [0.2, 0.25) is 0 Å². The zero-order valence-electron chi connectivity index (χ0n) is 17.6. The van der Waals surface area contributed by atoms with Crippen LogP contribution in [0.15, 0.2) is 4.99 Å². The number of hydrogen-bond donors (Lipinski definition) is 2. The highest BCUT2D eigenvalue weighted by molar-refractivity contribution is 14.0. The lowest BCUT2D eigenvalue weighted by Crippen LogP contribution is -2.55. The van der Waals surface area contributed by atoms with Crippen molar-refractivity contribution in [1.29, 1.82) is 0 Å². The Kier molecular flexibility index (Phi) is 10.5. The zero-order chi connectivity index (χ0) is 19.9. The minimum absolute atomic E-state index is 0. The summed E-state index contributed by atoms with van der Waals surface area (Å²) in [6.07, 6.45) is 1.56. The van der Waals surface area contributed by atoms with Crippen molar-refractivity contribution in [1.82, 2.24) is 20.4 Å². The van der Waals surface area contributed by atoms with Crippen LogP contribution in [0.4, 0.5) is 0 Å². The van der Waals surface area contributed by atoms with E-state index in [1.54, 1.807) is 0 Å². The van der Waals surface area contributed by atoms with Gasteiger partial charge in [0.1, 0.15) is 6.10 Å². The Morgan fingerprint density at radius 2 is 1.75 bits per heavy atom. The maximum absolute atomic E-state index is 12.5. The van der Waals surface area contributed by atoms with E-state index in [9.17, 15) is 9.59 Å². The lowest BCUT2D eigenvalue weighted by Gasteiger charge is -2.37. The van der Waals surface area contributed by atoms with Crippen LogP contribution in [0, 0.1) is 5.41 Å². The van der Waals surface area contributed by atoms with Gasteiger partial charge in [-0.15, -0.1) is 24.0 Å². The van der Waals surface area contributed by atoms with Gasteiger partial charge in [-0.3, -0.25) is 14.6 Å². The molecular weight excluding hydrogens is 473 g/mol. The number of halogens is 1. The molecule has 28 heavy (non-hydrogen) atoms. The molecule has 0 saturated carbocycles. The van der Waals surface area contributed by atoms with Crippen molar-refractivity contribution in [3.05, 3.63) is 0 Å². The lowest BCUT2D eigenvalue weighted by molar-refractivity contribution is -0.142. The average molecular weight is 509 g/mol. The molecule has 2 rings (SSSR count). The third-order valence-corrected chi connectivity index (χ3v) is 4.77. The molecule has 0 bridgehead atoms. The van der Waals surface area contributed by atoms with Gasteiger partial charge < -0.3 is 25.2 Å². The molecule has 2 heterocycles. The molecule has 2 N–H and O–H groups in total. The molecule has 1 atom stereocenters. The first kappa shape index (κ1) is 24.9. The van der Waals surface area contributed by atoms with E-state index in [1.807, 2.05) is 32.6 Å². The Bertz CT molecular complexity index is 536. The van der Waals surface area contributed by atoms with Gasteiger partial charge in [0.25, 0.3) is 5.91 Å². The summed E-state index contributed by atoms with van der Waals surface area (Å²) in [7, 11) is 0. The summed E-state index contributed by atoms with van der Waals surface area (Å²) < 4.78 is 5.51. The number of guanidine groups is 1. The predicted octanol–water partition coefficient (Wildman–Crippen LogP) is 1.06. The summed E-state index contributed by atoms with van der Waals surface area (Å²) >= 11 is 0. The highest BCUT2D eigenvalue weighted by Crippen LogP contribution is 2.16. The van der Waals surface area contributed by atoms with E-state index in [0.29, 0.717) is 32.8 Å². The van der Waals surface area contributed by atoms with Crippen LogP contribution >= 0.6 is 24.0 Å². The molecule has 9 heteroatoms. The zero-order valence-corrected chi connectivity index (χ0v) is 20.0. The second-order valence-electron chi connectivity index (χ2n) is 8.06. The van der Waals surface area contributed by atoms with Gasteiger partial charge in [0.15, 0.2) is 5.96 Å². The fourth-order valence-corrected chi connectivity index (χ4v) is 3.14. The largest absolute Gasteiger partial charge is 0.368 e. The van der Waals surface area contributed by atoms with Crippen LogP contribution < -0.4 is 10.6 Å². The van der Waals surface area contributed by atoms with Gasteiger partial charge in [-0.2, -0.15) is 0 Å². The topological polar surface area (TPSA) is 86.3 Å². The van der Waals surface area contributed by atoms with Crippen molar-refractivity contribution >= 4 is 41.8 Å². The maximum atomic E-state index is 12.5. The van der Waals surface area contributed by atoms with Crippen molar-refractivity contribution < 1.29 is 14.3 Å². The van der Waals surface area contributed by atoms with E-state index in [1.165, 1.54) is 0 Å². The summed E-state index contributed by atoms with van der Waals surface area (Å²) in [6.45, 7) is 13.1. The first-order valence-electron chi connectivity index (χ1n) is 10.0. The van der Waals surface area contributed by atoms with Crippen LogP contribution in [-0.2, 0) is 14.3 Å². The number of carbonyl (C=O) groups is 2. The molecule has 2 aliphatic rings. The number of hydrogen-bond acceptors (Lipinski definition) is 4. The smallest absolute Gasteiger partial charge is 0.251 e. The number of piperazine rings is 1. The average Bonchev–Trinajstić information content (AvgIpc) is 3.17. The summed E-state index contributed by atoms with van der Waals surface area (Å²) in [6, 6.07) is 0. The van der Waals surface area contributed by atoms with Crippen LogP contribution in [0.25, 0.3) is 0 Å². The van der Waals surface area contributed by atoms with E-state index < -0.39 is 0 Å². The highest BCUT2D eigenvalue weighted by Gasteiger charge is 2.30. The fraction of sp³-hybridized carbons (Fsp3) is 0.842. The Morgan fingerprint density at radius 3 is 2.29 bits per heavy atom. The Balaban J connectivity index is 0.00000392. The van der Waals surface area contributed by atoms with Gasteiger partial charge in [-0.05, 0) is 19.8 Å². The van der Waals surface area contributed by atoms with Gasteiger partial charge in [0.05, 0.1) is 6.54 Å². The molecule has 0 spiro atoms. The van der Waals surface area contributed by atoms with Crippen molar-refractivity contribution in [3.8, 4) is 0 Å². The molecule has 2 aliphatic heterocycles. The molecule has 0 aromatic carbocycles. The van der Waals surface area contributed by atoms with E-state index in [4.69, 9.17) is 4.74 Å². The highest BCUT2D eigenvalue weighted by atomic mass is 127. The van der Waals surface area contributed by atoms with Crippen LogP contribution in [0.1, 0.15) is 40.5 Å². The first-order valence-corrected chi connectivity index (χ1v) is 10.0. The third kappa shape index (κ3) is 7.38. The summed E-state index contributed by atoms with van der Waals surface area (Å²) in [5.74, 6) is 0.995. The van der Waals surface area contributed by atoms with Gasteiger partial charge in [0.2, 0.25) is 5.91 Å². The summed E-state index contributed by atoms with van der Waals surface area (Å²) in [4.78, 5) is 33.1. The van der Waals surface area contributed by atoms with Gasteiger partial charge in [0, 0.05) is 51.3 Å². The number of ether oxygens (including phenoxy) is 1. The normalized spacial score (nSPS) is 20.6. The van der Waals surface area contributed by atoms with Gasteiger partial charge >= 0.3 is 0 Å². The van der Waals surface area contributed by atoms with E-state index in [0.717, 1.165) is 38.4 Å². The molecule has 0 aromatic heterocycles. The van der Waals surface area contributed by atoms with Gasteiger partial charge in [-0.1, -0.05) is 20.8 Å². The summed E-state index contributed by atoms with van der Waals surface area (Å²) in [5.41, 5.74) is -0.389. The molecule has 0 aromatic rings. The minimum Gasteiger partial charge on any atom is -0.368 e. The van der Waals surface area contributed by atoms with Crippen molar-refractivity contribution in [2.45, 2.75) is 46.6 Å². The molecule has 2 saturated heterocycles. The maximum Gasteiger partial charge on any atom is 0.251 e. The molecule has 0 aliphatic carbocycles. The SMILES string of the molecule is CCNC(=NCCNC(=O)C(C)(C)C)N1CCN(C(=O)C2CCCO2)CC1.I. The van der Waals surface area contributed by atoms with Crippen molar-refractivity contribution in [2.24, 2.45) is 10.4 Å². The molecule has 0 radical (unpaired) electrons. The second-order valence-corrected chi connectivity index (χ2v) is 8.06. The lowest BCUT2D eigenvalue weighted by atomic mass is 9.96. The number of nitrogens with zero attached hydrogens (tertiary/aromatic N) is 3. The Labute approximate surface area is 185 Å². The number of nitrogens with one attached hydrogen (secondary N) is 2. The molecule has 8 nitrogen and oxygen atoms in total. The predicted molar refractivity (Wildman–Crippen MR) is 121 cm³/mol. The molecule has 2 fully saturated rings. The first-order chi connectivity index (χ1) is 12.8. The quantitative estimate of drug-likeness (QED) is 0.251. The number of carbonyl (C=O) groups excluding carboxylic acids is 2. The van der Waals surface area contributed by atoms with Crippen LogP contribution in [0.5, 0.6) is 0 Å². The molecule has 2 amide bonds. The Hall–Kier alpha value is -1.10. The third-order valence-electron chi connectivity index (χ3n) is 4.77. The minimum atomic E-state index is -0.389. The van der Waals surface area contributed by atoms with E-state index >= 15 is 0 Å². The van der Waals surface area contributed by atoms with Crippen molar-refractivity contribution in [3.63, 3.8) is 0 Å². The van der Waals surface area contributed by atoms with E-state index in [2.05, 4.69) is 20.5 Å². The number of rotatable bonds is 5. The number of aliphatic imine (C=N–C) groups is 1. The monoisotopic (exact) mass is 509 g/mol. The number of amides is 2. The molecule has 162 valence electrons. The van der Waals surface area contributed by atoms with Gasteiger partial charge in [-0.25, -0.2) is 0 Å². The Morgan fingerprint density at radius 1 is 1.11 bits per heavy atom.